The maximum Gasteiger partial charge on any atom is 0.311 e. The molecule has 152 valence electrons. The van der Waals surface area contributed by atoms with Gasteiger partial charge in [-0.05, 0) is 36.2 Å². The number of allylic oxidation sites excluding steroid dienone is 1. The van der Waals surface area contributed by atoms with Crippen molar-refractivity contribution in [3.8, 4) is 0 Å². The summed E-state index contributed by atoms with van der Waals surface area (Å²) in [6, 6.07) is 10.3. The Balaban J connectivity index is 1.54. The van der Waals surface area contributed by atoms with Crippen molar-refractivity contribution in [1.82, 2.24) is 4.90 Å². The van der Waals surface area contributed by atoms with Gasteiger partial charge >= 0.3 is 5.97 Å². The molecular formula is C24H33NO3. The van der Waals surface area contributed by atoms with E-state index in [2.05, 4.69) is 37.0 Å². The molecule has 4 heteroatoms. The topological polar surface area (TPSA) is 49.8 Å². The zero-order chi connectivity index (χ0) is 19.7. The van der Waals surface area contributed by atoms with Crippen molar-refractivity contribution in [3.05, 3.63) is 47.5 Å². The minimum Gasteiger partial charge on any atom is -0.461 e. The second-order valence-electron chi connectivity index (χ2n) is 9.28. The summed E-state index contributed by atoms with van der Waals surface area (Å²) in [6.45, 7) is 6.75. The van der Waals surface area contributed by atoms with E-state index in [-0.39, 0.29) is 35.9 Å². The molecule has 1 aliphatic heterocycles. The second-order valence-corrected chi connectivity index (χ2v) is 9.28. The van der Waals surface area contributed by atoms with Gasteiger partial charge in [0.05, 0.1) is 12.5 Å². The Bertz CT molecular complexity index is 731. The number of ether oxygens (including phenoxy) is 1. The summed E-state index contributed by atoms with van der Waals surface area (Å²) in [7, 11) is 0. The quantitative estimate of drug-likeness (QED) is 0.600. The minimum absolute atomic E-state index is 0.0178. The third-order valence-electron chi connectivity index (χ3n) is 7.20. The van der Waals surface area contributed by atoms with E-state index in [9.17, 15) is 9.90 Å². The third-order valence-corrected chi connectivity index (χ3v) is 7.20. The first kappa shape index (κ1) is 19.7. The number of aliphatic hydroxyl groups excluding tert-OH is 1. The van der Waals surface area contributed by atoms with Crippen LogP contribution in [0.25, 0.3) is 0 Å². The lowest BCUT2D eigenvalue weighted by Crippen LogP contribution is -2.41. The Morgan fingerprint density at radius 1 is 1.29 bits per heavy atom. The first-order valence-corrected chi connectivity index (χ1v) is 10.8. The van der Waals surface area contributed by atoms with Crippen molar-refractivity contribution >= 4 is 5.97 Å². The van der Waals surface area contributed by atoms with Gasteiger partial charge in [0.25, 0.3) is 0 Å². The number of aliphatic hydroxyl groups is 1. The summed E-state index contributed by atoms with van der Waals surface area (Å²) in [5.74, 6) is 0.589. The lowest BCUT2D eigenvalue weighted by atomic mass is 9.59. The Morgan fingerprint density at radius 2 is 2.07 bits per heavy atom. The van der Waals surface area contributed by atoms with Crippen molar-refractivity contribution in [2.45, 2.75) is 52.2 Å². The lowest BCUT2D eigenvalue weighted by Gasteiger charge is -2.46. The highest BCUT2D eigenvalue weighted by Gasteiger charge is 2.51. The Kier molecular flexibility index (Phi) is 5.62. The number of benzene rings is 1. The molecule has 4 nitrogen and oxygen atoms in total. The molecule has 1 heterocycles. The van der Waals surface area contributed by atoms with Gasteiger partial charge in [-0.1, -0.05) is 62.2 Å². The molecular weight excluding hydrogens is 350 g/mol. The van der Waals surface area contributed by atoms with Crippen LogP contribution >= 0.6 is 0 Å². The first-order valence-electron chi connectivity index (χ1n) is 10.8. The monoisotopic (exact) mass is 383 g/mol. The van der Waals surface area contributed by atoms with Crippen LogP contribution in [0.1, 0.15) is 45.1 Å². The molecule has 2 fully saturated rings. The van der Waals surface area contributed by atoms with Gasteiger partial charge in [0.15, 0.2) is 0 Å². The van der Waals surface area contributed by atoms with Gasteiger partial charge in [-0.25, -0.2) is 0 Å². The summed E-state index contributed by atoms with van der Waals surface area (Å²) in [5, 5.41) is 9.54. The molecule has 1 aromatic carbocycles. The van der Waals surface area contributed by atoms with Gasteiger partial charge < -0.3 is 9.84 Å². The van der Waals surface area contributed by atoms with Crippen LogP contribution in [0, 0.1) is 23.2 Å². The predicted octanol–water partition coefficient (Wildman–Crippen LogP) is 3.80. The molecule has 4 rings (SSSR count). The number of carbonyl (C=O) groups is 1. The van der Waals surface area contributed by atoms with Gasteiger partial charge in [0.1, 0.15) is 6.10 Å². The summed E-state index contributed by atoms with van der Waals surface area (Å²) >= 11 is 0. The third kappa shape index (κ3) is 3.77. The van der Waals surface area contributed by atoms with Gasteiger partial charge in [0.2, 0.25) is 0 Å². The molecule has 0 unspecified atom stereocenters. The SMILES string of the molecule is C[C@@H]1CCC[C@@]2(C)C[C@H]3OC(=O)[C@H](CN(CCO)Cc4ccccc4)[C@@H]3C=C12. The summed E-state index contributed by atoms with van der Waals surface area (Å²) < 4.78 is 5.88. The van der Waals surface area contributed by atoms with Crippen LogP contribution in [0.3, 0.4) is 0 Å². The van der Waals surface area contributed by atoms with E-state index in [0.29, 0.717) is 19.0 Å². The molecule has 0 bridgehead atoms. The van der Waals surface area contributed by atoms with Crippen LogP contribution in [-0.2, 0) is 16.1 Å². The van der Waals surface area contributed by atoms with Gasteiger partial charge in [0, 0.05) is 25.6 Å². The number of carbonyl (C=O) groups excluding carboxylic acids is 1. The Morgan fingerprint density at radius 3 is 2.82 bits per heavy atom. The largest absolute Gasteiger partial charge is 0.461 e. The zero-order valence-corrected chi connectivity index (χ0v) is 17.1. The molecule has 1 aromatic rings. The van der Waals surface area contributed by atoms with E-state index in [1.54, 1.807) is 5.57 Å². The van der Waals surface area contributed by atoms with Crippen LogP contribution < -0.4 is 0 Å². The Hall–Kier alpha value is -1.65. The van der Waals surface area contributed by atoms with Crippen molar-refractivity contribution in [3.63, 3.8) is 0 Å². The second kappa shape index (κ2) is 8.00. The summed E-state index contributed by atoms with van der Waals surface area (Å²) in [5.41, 5.74) is 2.96. The van der Waals surface area contributed by atoms with E-state index < -0.39 is 0 Å². The smallest absolute Gasteiger partial charge is 0.311 e. The molecule has 1 saturated carbocycles. The van der Waals surface area contributed by atoms with E-state index in [4.69, 9.17) is 4.74 Å². The highest BCUT2D eigenvalue weighted by molar-refractivity contribution is 5.76. The molecule has 1 saturated heterocycles. The normalized spacial score (nSPS) is 34.6. The van der Waals surface area contributed by atoms with E-state index in [1.165, 1.54) is 24.8 Å². The van der Waals surface area contributed by atoms with Crippen molar-refractivity contribution < 1.29 is 14.6 Å². The number of fused-ring (bicyclic) bond motifs is 2. The first-order chi connectivity index (χ1) is 13.5. The maximum absolute atomic E-state index is 12.8. The Labute approximate surface area is 168 Å². The number of hydrogen-bond donors (Lipinski definition) is 1. The van der Waals surface area contributed by atoms with Crippen molar-refractivity contribution in [2.24, 2.45) is 23.2 Å². The fraction of sp³-hybridized carbons (Fsp3) is 0.625. The molecule has 28 heavy (non-hydrogen) atoms. The van der Waals surface area contributed by atoms with Gasteiger partial charge in [-0.15, -0.1) is 0 Å². The lowest BCUT2D eigenvalue weighted by molar-refractivity contribution is -0.145. The van der Waals surface area contributed by atoms with Gasteiger partial charge in [-0.3, -0.25) is 9.69 Å². The van der Waals surface area contributed by atoms with E-state index in [1.807, 2.05) is 18.2 Å². The van der Waals surface area contributed by atoms with Crippen LogP contribution in [0.5, 0.6) is 0 Å². The average molecular weight is 384 g/mol. The number of nitrogens with zero attached hydrogens (tertiary/aromatic N) is 1. The molecule has 2 aliphatic carbocycles. The average Bonchev–Trinajstić information content (AvgIpc) is 2.95. The molecule has 0 amide bonds. The molecule has 0 aromatic heterocycles. The molecule has 5 atom stereocenters. The number of esters is 1. The van der Waals surface area contributed by atoms with Crippen LogP contribution in [-0.4, -0.2) is 41.8 Å². The standard InChI is InChI=1S/C24H33NO3/c1-17-7-6-10-24(2)14-22-19(13-21(17)24)20(23(27)28-22)16-25(11-12-26)15-18-8-4-3-5-9-18/h3-5,8-9,13,17,19-20,22,26H,6-7,10-12,14-16H2,1-2H3/t17-,19+,20-,22-,24+/m1/s1. The predicted molar refractivity (Wildman–Crippen MR) is 109 cm³/mol. The van der Waals surface area contributed by atoms with Crippen LogP contribution in [0.4, 0.5) is 0 Å². The van der Waals surface area contributed by atoms with Gasteiger partial charge in [-0.2, -0.15) is 0 Å². The number of rotatable bonds is 6. The highest BCUT2D eigenvalue weighted by atomic mass is 16.6. The molecule has 0 spiro atoms. The van der Waals surface area contributed by atoms with Crippen molar-refractivity contribution in [2.75, 3.05) is 19.7 Å². The molecule has 1 N–H and O–H groups in total. The van der Waals surface area contributed by atoms with E-state index in [0.717, 1.165) is 13.0 Å². The van der Waals surface area contributed by atoms with Crippen LogP contribution in [0.15, 0.2) is 42.0 Å². The molecule has 3 aliphatic rings. The summed E-state index contributed by atoms with van der Waals surface area (Å²) in [6.07, 6.45) is 7.12. The summed E-state index contributed by atoms with van der Waals surface area (Å²) in [4.78, 5) is 15.0. The number of hydrogen-bond acceptors (Lipinski definition) is 4. The van der Waals surface area contributed by atoms with E-state index >= 15 is 0 Å². The zero-order valence-electron chi connectivity index (χ0n) is 17.1. The highest BCUT2D eigenvalue weighted by Crippen LogP contribution is 2.54. The maximum atomic E-state index is 12.8. The minimum atomic E-state index is -0.133. The fourth-order valence-corrected chi connectivity index (χ4v) is 5.75. The fourth-order valence-electron chi connectivity index (χ4n) is 5.75. The molecule has 0 radical (unpaired) electrons. The van der Waals surface area contributed by atoms with Crippen LogP contribution in [0.2, 0.25) is 0 Å². The van der Waals surface area contributed by atoms with Crippen molar-refractivity contribution in [1.29, 1.82) is 0 Å².